The minimum atomic E-state index is -4.11. The maximum atomic E-state index is 13.1. The molecule has 2 aliphatic rings. The summed E-state index contributed by atoms with van der Waals surface area (Å²) in [6.07, 6.45) is -1.61. The van der Waals surface area contributed by atoms with Crippen molar-refractivity contribution in [1.29, 1.82) is 0 Å². The Morgan fingerprint density at radius 3 is 2.35 bits per heavy atom. The van der Waals surface area contributed by atoms with Crippen molar-refractivity contribution in [3.8, 4) is 0 Å². The second-order valence-electron chi connectivity index (χ2n) is 10.1. The highest BCUT2D eigenvalue weighted by Crippen LogP contribution is 2.41. The molecule has 2 aromatic carbocycles. The second-order valence-corrected chi connectivity index (χ2v) is 11.8. The number of nitrogens with zero attached hydrogens (tertiary/aromatic N) is 2. The van der Waals surface area contributed by atoms with Crippen molar-refractivity contribution in [1.82, 2.24) is 14.8 Å². The van der Waals surface area contributed by atoms with Gasteiger partial charge in [-0.25, -0.2) is 0 Å². The highest BCUT2D eigenvalue weighted by atomic mass is 32.2. The first-order valence-corrected chi connectivity index (χ1v) is 14.2. The van der Waals surface area contributed by atoms with Crippen molar-refractivity contribution < 1.29 is 22.2 Å². The summed E-state index contributed by atoms with van der Waals surface area (Å²) >= 11 is 0. The summed E-state index contributed by atoms with van der Waals surface area (Å²) in [6, 6.07) is 15.7. The van der Waals surface area contributed by atoms with Crippen LogP contribution >= 0.6 is 0 Å². The van der Waals surface area contributed by atoms with Crippen LogP contribution in [-0.2, 0) is 23.9 Å². The Balaban J connectivity index is 1.27. The van der Waals surface area contributed by atoms with Gasteiger partial charge in [-0.2, -0.15) is 13.2 Å². The average Bonchev–Trinajstić information content (AvgIpc) is 3.67. The third-order valence-corrected chi connectivity index (χ3v) is 8.75. The molecule has 1 amide bonds. The van der Waals surface area contributed by atoms with Crippen LogP contribution in [0.3, 0.4) is 0 Å². The fourth-order valence-electron chi connectivity index (χ4n) is 5.18. The molecule has 1 saturated carbocycles. The zero-order valence-electron chi connectivity index (χ0n) is 20.9. The van der Waals surface area contributed by atoms with Gasteiger partial charge in [0.25, 0.3) is 5.91 Å². The molecule has 9 heteroatoms. The van der Waals surface area contributed by atoms with Gasteiger partial charge in [0.15, 0.2) is 0 Å². The third kappa shape index (κ3) is 5.93. The van der Waals surface area contributed by atoms with Crippen LogP contribution in [0.5, 0.6) is 0 Å². The smallest absolute Gasteiger partial charge is 0.348 e. The Morgan fingerprint density at radius 1 is 1.03 bits per heavy atom. The average molecular weight is 532 g/mol. The van der Waals surface area contributed by atoms with Gasteiger partial charge >= 0.3 is 6.18 Å². The largest absolute Gasteiger partial charge is 0.391 e. The van der Waals surface area contributed by atoms with E-state index in [1.807, 2.05) is 49.4 Å². The van der Waals surface area contributed by atoms with Gasteiger partial charge in [-0.1, -0.05) is 19.1 Å². The standard InChI is InChI=1S/C28H32F3N3O2S/c1-2-37(36)25-8-3-19(4-9-25)17-32-27(35)20-5-10-26-21(15-20)16-24(34(26)23-6-7-23)18-33-13-11-22(12-14-33)28(29,30)31/h3-5,8-10,15-16,22-23H,2,6-7,11-14,17-18H2,1H3,(H,32,35). The molecule has 0 spiro atoms. The second kappa shape index (κ2) is 10.6. The highest BCUT2D eigenvalue weighted by Gasteiger charge is 2.41. The van der Waals surface area contributed by atoms with Gasteiger partial charge < -0.3 is 9.88 Å². The fraction of sp³-hybridized carbons (Fsp3) is 0.464. The molecule has 37 heavy (non-hydrogen) atoms. The summed E-state index contributed by atoms with van der Waals surface area (Å²) in [4.78, 5) is 15.8. The summed E-state index contributed by atoms with van der Waals surface area (Å²) in [5.41, 5.74) is 3.67. The Labute approximate surface area is 217 Å². The van der Waals surface area contributed by atoms with E-state index in [1.165, 1.54) is 0 Å². The van der Waals surface area contributed by atoms with Gasteiger partial charge in [-0.15, -0.1) is 0 Å². The Kier molecular flexibility index (Phi) is 7.45. The van der Waals surface area contributed by atoms with Crippen LogP contribution in [0.25, 0.3) is 10.9 Å². The molecule has 1 saturated heterocycles. The summed E-state index contributed by atoms with van der Waals surface area (Å²) in [6.45, 7) is 3.76. The lowest BCUT2D eigenvalue weighted by atomic mass is 9.96. The van der Waals surface area contributed by atoms with Crippen LogP contribution < -0.4 is 5.32 Å². The lowest BCUT2D eigenvalue weighted by Gasteiger charge is -2.33. The van der Waals surface area contributed by atoms with Crippen LogP contribution in [0, 0.1) is 5.92 Å². The molecule has 1 aliphatic carbocycles. The normalized spacial score (nSPS) is 18.3. The first-order valence-electron chi connectivity index (χ1n) is 12.9. The zero-order chi connectivity index (χ0) is 26.2. The number of aromatic nitrogens is 1. The summed E-state index contributed by atoms with van der Waals surface area (Å²) < 4.78 is 53.4. The van der Waals surface area contributed by atoms with E-state index in [2.05, 4.69) is 20.9 Å². The van der Waals surface area contributed by atoms with Crippen molar-refractivity contribution in [2.45, 2.75) is 62.8 Å². The van der Waals surface area contributed by atoms with Crippen LogP contribution in [-0.4, -0.2) is 44.6 Å². The van der Waals surface area contributed by atoms with Gasteiger partial charge in [0.1, 0.15) is 0 Å². The number of alkyl halides is 3. The van der Waals surface area contributed by atoms with Crippen molar-refractivity contribution in [2.24, 2.45) is 5.92 Å². The van der Waals surface area contributed by atoms with E-state index in [0.29, 0.717) is 43.5 Å². The first-order chi connectivity index (χ1) is 17.7. The van der Waals surface area contributed by atoms with E-state index >= 15 is 0 Å². The molecular formula is C28H32F3N3O2S. The van der Waals surface area contributed by atoms with Gasteiger partial charge in [-0.05, 0) is 80.7 Å². The molecule has 0 bridgehead atoms. The Bertz CT molecular complexity index is 1290. The summed E-state index contributed by atoms with van der Waals surface area (Å²) in [5, 5.41) is 3.94. The van der Waals surface area contributed by atoms with E-state index in [0.717, 1.165) is 39.9 Å². The molecule has 3 aromatic rings. The molecule has 5 nitrogen and oxygen atoms in total. The zero-order valence-corrected chi connectivity index (χ0v) is 21.7. The van der Waals surface area contributed by atoms with Gasteiger partial charge in [0, 0.05) is 51.9 Å². The van der Waals surface area contributed by atoms with Gasteiger partial charge in [0.2, 0.25) is 0 Å². The van der Waals surface area contributed by atoms with Crippen LogP contribution in [0.2, 0.25) is 0 Å². The minimum Gasteiger partial charge on any atom is -0.348 e. The molecule has 2 fully saturated rings. The number of likely N-dealkylation sites (tertiary alicyclic amines) is 1. The van der Waals surface area contributed by atoms with E-state index < -0.39 is 22.9 Å². The molecule has 0 radical (unpaired) electrons. The highest BCUT2D eigenvalue weighted by molar-refractivity contribution is 7.85. The summed E-state index contributed by atoms with van der Waals surface area (Å²) in [5.74, 6) is -0.797. The van der Waals surface area contributed by atoms with Crippen LogP contribution in [0.4, 0.5) is 13.2 Å². The fourth-order valence-corrected chi connectivity index (χ4v) is 5.95. The number of fused-ring (bicyclic) bond motifs is 1. The number of halogens is 3. The number of hydrogen-bond donors (Lipinski definition) is 1. The number of benzene rings is 2. The van der Waals surface area contributed by atoms with Crippen LogP contribution in [0.1, 0.15) is 60.3 Å². The number of hydrogen-bond acceptors (Lipinski definition) is 3. The quantitative estimate of drug-likeness (QED) is 0.399. The molecule has 2 heterocycles. The predicted molar refractivity (Wildman–Crippen MR) is 139 cm³/mol. The SMILES string of the molecule is CCS(=O)c1ccc(CNC(=O)c2ccc3c(c2)cc(CN2CCC(C(F)(F)F)CC2)n3C2CC2)cc1. The Morgan fingerprint density at radius 2 is 1.73 bits per heavy atom. The van der Waals surface area contributed by atoms with E-state index in [-0.39, 0.29) is 18.7 Å². The number of rotatable bonds is 8. The number of carbonyl (C=O) groups excluding carboxylic acids is 1. The van der Waals surface area contributed by atoms with Crippen molar-refractivity contribution in [2.75, 3.05) is 18.8 Å². The molecule has 1 unspecified atom stereocenters. The topological polar surface area (TPSA) is 54.3 Å². The number of carbonyl (C=O) groups is 1. The molecule has 5 rings (SSSR count). The number of piperidine rings is 1. The third-order valence-electron chi connectivity index (χ3n) is 7.43. The van der Waals surface area contributed by atoms with Gasteiger partial charge in [-0.3, -0.25) is 13.9 Å². The monoisotopic (exact) mass is 531 g/mol. The number of nitrogens with one attached hydrogen (secondary N) is 1. The Hall–Kier alpha value is -2.65. The predicted octanol–water partition coefficient (Wildman–Crippen LogP) is 5.81. The molecule has 1 aromatic heterocycles. The van der Waals surface area contributed by atoms with Crippen molar-refractivity contribution in [3.05, 3.63) is 65.4 Å². The van der Waals surface area contributed by atoms with E-state index in [1.54, 1.807) is 0 Å². The van der Waals surface area contributed by atoms with Crippen LogP contribution in [0.15, 0.2) is 53.4 Å². The van der Waals surface area contributed by atoms with Crippen molar-refractivity contribution in [3.63, 3.8) is 0 Å². The molecule has 1 aliphatic heterocycles. The lowest BCUT2D eigenvalue weighted by molar-refractivity contribution is -0.185. The molecule has 198 valence electrons. The minimum absolute atomic E-state index is 0.149. The first kappa shape index (κ1) is 26.0. The molecular weight excluding hydrogens is 499 g/mol. The van der Waals surface area contributed by atoms with E-state index in [9.17, 15) is 22.2 Å². The molecule has 1 N–H and O–H groups in total. The maximum absolute atomic E-state index is 13.1. The van der Waals surface area contributed by atoms with E-state index in [4.69, 9.17) is 0 Å². The number of amides is 1. The van der Waals surface area contributed by atoms with Crippen molar-refractivity contribution >= 4 is 27.6 Å². The maximum Gasteiger partial charge on any atom is 0.391 e. The molecule has 1 atom stereocenters. The lowest BCUT2D eigenvalue weighted by Crippen LogP contribution is -2.38. The summed E-state index contributed by atoms with van der Waals surface area (Å²) in [7, 11) is -0.999. The van der Waals surface area contributed by atoms with Gasteiger partial charge in [0.05, 0.1) is 16.7 Å².